The van der Waals surface area contributed by atoms with Crippen molar-refractivity contribution >= 4 is 27.0 Å². The fourth-order valence-electron chi connectivity index (χ4n) is 1.60. The summed E-state index contributed by atoms with van der Waals surface area (Å²) >= 11 is 0. The van der Waals surface area contributed by atoms with Crippen LogP contribution in [0.15, 0.2) is 23.1 Å². The third-order valence-corrected chi connectivity index (χ3v) is 3.87. The Bertz CT molecular complexity index is 722. The number of nitrogens with zero attached hydrogens (tertiary/aromatic N) is 2. The van der Waals surface area contributed by atoms with Gasteiger partial charge in [0.15, 0.2) is 0 Å². The summed E-state index contributed by atoms with van der Waals surface area (Å²) in [7, 11) is -3.75. The molecule has 9 heteroatoms. The van der Waals surface area contributed by atoms with Gasteiger partial charge in [0.2, 0.25) is 15.9 Å². The summed E-state index contributed by atoms with van der Waals surface area (Å²) in [5.41, 5.74) is 1.01. The second-order valence-corrected chi connectivity index (χ2v) is 6.29. The Morgan fingerprint density at radius 2 is 2.00 bits per heavy atom. The van der Waals surface area contributed by atoms with Crippen molar-refractivity contribution < 1.29 is 13.2 Å². The molecule has 0 aliphatic heterocycles. The molecule has 1 amide bonds. The first-order valence-electron chi connectivity index (χ1n) is 5.98. The van der Waals surface area contributed by atoms with Crippen molar-refractivity contribution in [1.29, 1.82) is 0 Å². The molecule has 0 saturated carbocycles. The number of hydrogen-bond donors (Lipinski definition) is 3. The minimum Gasteiger partial charge on any atom is -0.353 e. The topological polar surface area (TPSA) is 117 Å². The summed E-state index contributed by atoms with van der Waals surface area (Å²) in [5, 5.41) is 12.7. The minimum absolute atomic E-state index is 0.0382. The highest BCUT2D eigenvalue weighted by Gasteiger charge is 2.16. The number of sulfonamides is 1. The van der Waals surface area contributed by atoms with E-state index in [1.807, 2.05) is 0 Å². The molecule has 8 nitrogen and oxygen atoms in total. The van der Waals surface area contributed by atoms with Crippen molar-refractivity contribution in [2.45, 2.75) is 24.8 Å². The molecule has 3 N–H and O–H groups in total. The van der Waals surface area contributed by atoms with E-state index in [1.165, 1.54) is 12.1 Å². The van der Waals surface area contributed by atoms with E-state index < -0.39 is 10.0 Å². The maximum absolute atomic E-state index is 12.0. The zero-order chi connectivity index (χ0) is 14.8. The highest BCUT2D eigenvalue weighted by molar-refractivity contribution is 7.89. The third kappa shape index (κ3) is 3.31. The quantitative estimate of drug-likeness (QED) is 0.704. The third-order valence-electron chi connectivity index (χ3n) is 2.47. The van der Waals surface area contributed by atoms with E-state index in [4.69, 9.17) is 0 Å². The number of hydrogen-bond acceptors (Lipinski definition) is 5. The zero-order valence-corrected chi connectivity index (χ0v) is 11.9. The fraction of sp³-hybridized carbons (Fsp3) is 0.364. The molecule has 2 aromatic rings. The number of carbonyl (C=O) groups excluding carboxylic acids is 1. The van der Waals surface area contributed by atoms with Crippen LogP contribution in [0, 0.1) is 0 Å². The number of benzene rings is 1. The van der Waals surface area contributed by atoms with Crippen LogP contribution in [0.1, 0.15) is 13.8 Å². The smallest absolute Gasteiger partial charge is 0.241 e. The van der Waals surface area contributed by atoms with Gasteiger partial charge >= 0.3 is 0 Å². The Hall–Kier alpha value is -2.00. The number of aromatic nitrogens is 3. The maximum atomic E-state index is 12.0. The number of rotatable bonds is 5. The van der Waals surface area contributed by atoms with Crippen molar-refractivity contribution in [3.8, 4) is 0 Å². The number of fused-ring (bicyclic) bond motifs is 1. The van der Waals surface area contributed by atoms with Crippen LogP contribution in [0.3, 0.4) is 0 Å². The standard InChI is InChI=1S/C11H15N5O3S/c1-7(2)13-11(17)6-12-20(18,19)8-3-4-9-10(5-8)15-16-14-9/h3-5,7,12H,6H2,1-2H3,(H,13,17)(H,14,15,16). The molecule has 0 aliphatic rings. The van der Waals surface area contributed by atoms with Gasteiger partial charge in [-0.05, 0) is 32.0 Å². The number of carbonyl (C=O) groups is 1. The van der Waals surface area contributed by atoms with Gasteiger partial charge in [0.25, 0.3) is 0 Å². The number of H-pyrrole nitrogens is 1. The van der Waals surface area contributed by atoms with Gasteiger partial charge in [0, 0.05) is 6.04 Å². The molecule has 1 aromatic heterocycles. The molecule has 0 saturated heterocycles. The Labute approximate surface area is 116 Å². The average molecular weight is 297 g/mol. The summed E-state index contributed by atoms with van der Waals surface area (Å²) in [6.45, 7) is 3.28. The molecular formula is C11H15N5O3S. The van der Waals surface area contributed by atoms with Crippen molar-refractivity contribution in [3.05, 3.63) is 18.2 Å². The molecule has 0 aliphatic carbocycles. The summed E-state index contributed by atoms with van der Waals surface area (Å²) < 4.78 is 26.3. The molecule has 2 rings (SSSR count). The molecule has 0 fully saturated rings. The fourth-order valence-corrected chi connectivity index (χ4v) is 2.61. The minimum atomic E-state index is -3.75. The monoisotopic (exact) mass is 297 g/mol. The van der Waals surface area contributed by atoms with Gasteiger partial charge in [0.05, 0.1) is 11.4 Å². The average Bonchev–Trinajstić information content (AvgIpc) is 2.83. The van der Waals surface area contributed by atoms with Crippen LogP contribution in [-0.4, -0.2) is 42.3 Å². The predicted octanol–water partition coefficient (Wildman–Crippen LogP) is -0.239. The lowest BCUT2D eigenvalue weighted by atomic mass is 10.3. The lowest BCUT2D eigenvalue weighted by Crippen LogP contribution is -2.39. The molecule has 20 heavy (non-hydrogen) atoms. The Morgan fingerprint density at radius 1 is 1.30 bits per heavy atom. The predicted molar refractivity (Wildman–Crippen MR) is 72.4 cm³/mol. The van der Waals surface area contributed by atoms with E-state index in [0.29, 0.717) is 11.0 Å². The SMILES string of the molecule is CC(C)NC(=O)CNS(=O)(=O)c1ccc2n[nH]nc2c1. The Kier molecular flexibility index (Phi) is 4.00. The van der Waals surface area contributed by atoms with E-state index in [2.05, 4.69) is 25.4 Å². The second kappa shape index (κ2) is 5.55. The van der Waals surface area contributed by atoms with E-state index in [9.17, 15) is 13.2 Å². The summed E-state index contributed by atoms with van der Waals surface area (Å²) in [5.74, 6) is -0.383. The number of amides is 1. The lowest BCUT2D eigenvalue weighted by molar-refractivity contribution is -0.120. The zero-order valence-electron chi connectivity index (χ0n) is 11.0. The Balaban J connectivity index is 2.11. The molecule has 108 valence electrons. The van der Waals surface area contributed by atoms with Crippen LogP contribution in [0.25, 0.3) is 11.0 Å². The molecule has 0 unspecified atom stereocenters. The van der Waals surface area contributed by atoms with Gasteiger partial charge in [-0.25, -0.2) is 13.1 Å². The van der Waals surface area contributed by atoms with Crippen LogP contribution in [-0.2, 0) is 14.8 Å². The van der Waals surface area contributed by atoms with Crippen LogP contribution < -0.4 is 10.0 Å². The number of aromatic amines is 1. The normalized spacial score (nSPS) is 11.9. The Morgan fingerprint density at radius 3 is 2.70 bits per heavy atom. The summed E-state index contributed by atoms with van der Waals surface area (Å²) in [6.07, 6.45) is 0. The van der Waals surface area contributed by atoms with Gasteiger partial charge in [-0.15, -0.1) is 0 Å². The lowest BCUT2D eigenvalue weighted by Gasteiger charge is -2.09. The van der Waals surface area contributed by atoms with Crippen LogP contribution in [0.2, 0.25) is 0 Å². The first-order valence-corrected chi connectivity index (χ1v) is 7.46. The van der Waals surface area contributed by atoms with E-state index in [-0.39, 0.29) is 23.4 Å². The summed E-state index contributed by atoms with van der Waals surface area (Å²) in [4.78, 5) is 11.5. The largest absolute Gasteiger partial charge is 0.353 e. The second-order valence-electron chi connectivity index (χ2n) is 4.52. The highest BCUT2D eigenvalue weighted by Crippen LogP contribution is 2.14. The van der Waals surface area contributed by atoms with Gasteiger partial charge in [-0.3, -0.25) is 4.79 Å². The van der Waals surface area contributed by atoms with Crippen molar-refractivity contribution in [3.63, 3.8) is 0 Å². The van der Waals surface area contributed by atoms with E-state index >= 15 is 0 Å². The van der Waals surface area contributed by atoms with Gasteiger partial charge in [-0.1, -0.05) is 0 Å². The molecule has 1 aromatic carbocycles. The van der Waals surface area contributed by atoms with Crippen molar-refractivity contribution in [2.24, 2.45) is 0 Å². The number of nitrogens with one attached hydrogen (secondary N) is 3. The van der Waals surface area contributed by atoms with E-state index in [0.717, 1.165) is 0 Å². The molecule has 0 bridgehead atoms. The van der Waals surface area contributed by atoms with Crippen molar-refractivity contribution in [1.82, 2.24) is 25.4 Å². The van der Waals surface area contributed by atoms with Crippen LogP contribution in [0.5, 0.6) is 0 Å². The molecule has 0 radical (unpaired) electrons. The molecule has 0 atom stereocenters. The van der Waals surface area contributed by atoms with Crippen LogP contribution in [0.4, 0.5) is 0 Å². The van der Waals surface area contributed by atoms with E-state index in [1.54, 1.807) is 19.9 Å². The van der Waals surface area contributed by atoms with Gasteiger partial charge in [-0.2, -0.15) is 15.4 Å². The molecule has 0 spiro atoms. The first kappa shape index (κ1) is 14.4. The van der Waals surface area contributed by atoms with Gasteiger partial charge < -0.3 is 5.32 Å². The first-order chi connectivity index (χ1) is 9.38. The highest BCUT2D eigenvalue weighted by atomic mass is 32.2. The molecule has 1 heterocycles. The summed E-state index contributed by atoms with van der Waals surface area (Å²) in [6, 6.07) is 4.30. The molecular weight excluding hydrogens is 282 g/mol. The van der Waals surface area contributed by atoms with Gasteiger partial charge in [0.1, 0.15) is 11.0 Å². The van der Waals surface area contributed by atoms with Crippen LogP contribution >= 0.6 is 0 Å². The maximum Gasteiger partial charge on any atom is 0.241 e. The van der Waals surface area contributed by atoms with Crippen molar-refractivity contribution in [2.75, 3.05) is 6.54 Å².